The van der Waals surface area contributed by atoms with Crippen molar-refractivity contribution < 1.29 is 4.55 Å². The van der Waals surface area contributed by atoms with Crippen molar-refractivity contribution in [2.75, 3.05) is 18.0 Å². The SMILES string of the molecule is [O-][S+](Cc1ncc(Cl)c(N2CCCCC2)n1)c1nc2cscc2[nH]1. The van der Waals surface area contributed by atoms with E-state index in [1.54, 1.807) is 17.5 Å². The van der Waals surface area contributed by atoms with Crippen LogP contribution in [-0.2, 0) is 16.9 Å². The Morgan fingerprint density at radius 1 is 1.25 bits per heavy atom. The normalized spacial score (nSPS) is 16.7. The summed E-state index contributed by atoms with van der Waals surface area (Å²) in [7, 11) is 0. The summed E-state index contributed by atoms with van der Waals surface area (Å²) in [4.78, 5) is 18.4. The number of hydrogen-bond donors (Lipinski definition) is 1. The molecule has 0 saturated carbocycles. The molecule has 1 unspecified atom stereocenters. The predicted octanol–water partition coefficient (Wildman–Crippen LogP) is 3.37. The molecule has 6 nitrogen and oxygen atoms in total. The van der Waals surface area contributed by atoms with Gasteiger partial charge in [0.05, 0.1) is 11.7 Å². The van der Waals surface area contributed by atoms with Gasteiger partial charge >= 0.3 is 5.16 Å². The Hall–Kier alpha value is -1.35. The Kier molecular flexibility index (Phi) is 4.62. The number of aromatic amines is 1. The van der Waals surface area contributed by atoms with Gasteiger partial charge in [-0.3, -0.25) is 4.98 Å². The van der Waals surface area contributed by atoms with Gasteiger partial charge in [0.1, 0.15) is 10.5 Å². The zero-order chi connectivity index (χ0) is 16.5. The Morgan fingerprint density at radius 3 is 2.88 bits per heavy atom. The average Bonchev–Trinajstić information content (AvgIpc) is 3.19. The molecule has 1 N–H and O–H groups in total. The van der Waals surface area contributed by atoms with Crippen LogP contribution < -0.4 is 4.90 Å². The summed E-state index contributed by atoms with van der Waals surface area (Å²) >= 11 is 6.51. The van der Waals surface area contributed by atoms with Gasteiger partial charge < -0.3 is 9.45 Å². The molecule has 126 valence electrons. The maximum atomic E-state index is 12.5. The molecule has 1 fully saturated rings. The van der Waals surface area contributed by atoms with E-state index in [0.29, 0.717) is 16.0 Å². The second-order valence-corrected chi connectivity index (χ2v) is 8.23. The molecule has 3 aromatic rings. The Balaban J connectivity index is 1.54. The van der Waals surface area contributed by atoms with Crippen LogP contribution in [0.4, 0.5) is 5.82 Å². The number of piperidine rings is 1. The monoisotopic (exact) mass is 381 g/mol. The molecule has 0 amide bonds. The molecule has 1 aliphatic heterocycles. The Morgan fingerprint density at radius 2 is 2.08 bits per heavy atom. The van der Waals surface area contributed by atoms with Crippen LogP contribution in [0.1, 0.15) is 25.1 Å². The van der Waals surface area contributed by atoms with Gasteiger partial charge in [-0.1, -0.05) is 11.6 Å². The number of anilines is 1. The van der Waals surface area contributed by atoms with Crippen LogP contribution in [0.25, 0.3) is 11.0 Å². The number of fused-ring (bicyclic) bond motifs is 1. The molecule has 9 heteroatoms. The fourth-order valence-corrected chi connectivity index (χ4v) is 4.64. The Labute approximate surface area is 151 Å². The van der Waals surface area contributed by atoms with Crippen molar-refractivity contribution in [3.8, 4) is 0 Å². The average molecular weight is 382 g/mol. The molecule has 1 saturated heterocycles. The van der Waals surface area contributed by atoms with Crippen molar-refractivity contribution in [1.29, 1.82) is 0 Å². The van der Waals surface area contributed by atoms with Crippen molar-refractivity contribution in [2.45, 2.75) is 30.2 Å². The van der Waals surface area contributed by atoms with Crippen LogP contribution in [0.5, 0.6) is 0 Å². The van der Waals surface area contributed by atoms with Crippen LogP contribution in [0.15, 0.2) is 22.1 Å². The van der Waals surface area contributed by atoms with E-state index in [1.807, 2.05) is 10.8 Å². The highest BCUT2D eigenvalue weighted by molar-refractivity contribution is 7.90. The van der Waals surface area contributed by atoms with E-state index in [-0.39, 0.29) is 5.75 Å². The third-order valence-electron chi connectivity index (χ3n) is 4.01. The quantitative estimate of drug-likeness (QED) is 0.701. The fourth-order valence-electron chi connectivity index (χ4n) is 2.81. The van der Waals surface area contributed by atoms with E-state index in [1.165, 1.54) is 6.42 Å². The molecule has 0 radical (unpaired) electrons. The molecule has 0 aromatic carbocycles. The van der Waals surface area contributed by atoms with Gasteiger partial charge in [-0.2, -0.15) is 4.98 Å². The number of aromatic nitrogens is 4. The number of imidazole rings is 1. The first kappa shape index (κ1) is 16.1. The summed E-state index contributed by atoms with van der Waals surface area (Å²) in [6.07, 6.45) is 5.13. The van der Waals surface area contributed by atoms with Crippen molar-refractivity contribution in [3.63, 3.8) is 0 Å². The minimum Gasteiger partial charge on any atom is -0.609 e. The van der Waals surface area contributed by atoms with Crippen molar-refractivity contribution >= 4 is 51.0 Å². The number of rotatable bonds is 4. The molecule has 24 heavy (non-hydrogen) atoms. The third-order valence-corrected chi connectivity index (χ3v) is 6.15. The molecular formula is C15H16ClN5OS2. The summed E-state index contributed by atoms with van der Waals surface area (Å²) in [5.74, 6) is 1.49. The van der Waals surface area contributed by atoms with E-state index in [0.717, 1.165) is 42.8 Å². The summed E-state index contributed by atoms with van der Waals surface area (Å²) in [6.45, 7) is 1.90. The molecule has 4 heterocycles. The largest absolute Gasteiger partial charge is 0.609 e. The summed E-state index contributed by atoms with van der Waals surface area (Å²) in [5, 5.41) is 4.89. The first-order chi connectivity index (χ1) is 11.7. The lowest BCUT2D eigenvalue weighted by molar-refractivity contribution is 0.571. The Bertz CT molecular complexity index is 817. The standard InChI is InChI=1S/C15H16ClN5OS2/c16-10-6-17-13(20-14(10)21-4-2-1-3-5-21)9-24(22)15-18-11-7-23-8-12(11)19-15/h6-8H,1-5,9H2,(H,18,19). The van der Waals surface area contributed by atoms with E-state index >= 15 is 0 Å². The molecule has 0 aliphatic carbocycles. The second kappa shape index (κ2) is 6.87. The lowest BCUT2D eigenvalue weighted by Crippen LogP contribution is -2.30. The molecule has 0 bridgehead atoms. The highest BCUT2D eigenvalue weighted by Crippen LogP contribution is 2.26. The van der Waals surface area contributed by atoms with E-state index < -0.39 is 11.2 Å². The van der Waals surface area contributed by atoms with Crippen LogP contribution in [-0.4, -0.2) is 37.6 Å². The first-order valence-corrected chi connectivity index (χ1v) is 10.4. The van der Waals surface area contributed by atoms with Gasteiger partial charge in [0, 0.05) is 35.0 Å². The minimum atomic E-state index is -1.31. The van der Waals surface area contributed by atoms with E-state index in [4.69, 9.17) is 11.6 Å². The molecule has 3 aromatic heterocycles. The smallest absolute Gasteiger partial charge is 0.322 e. The summed E-state index contributed by atoms with van der Waals surface area (Å²) < 4.78 is 12.5. The zero-order valence-electron chi connectivity index (χ0n) is 12.9. The van der Waals surface area contributed by atoms with Crippen molar-refractivity contribution in [1.82, 2.24) is 19.9 Å². The minimum absolute atomic E-state index is 0.220. The summed E-state index contributed by atoms with van der Waals surface area (Å²) in [5.41, 5.74) is 1.75. The number of nitrogens with one attached hydrogen (secondary N) is 1. The molecular weight excluding hydrogens is 366 g/mol. The van der Waals surface area contributed by atoms with Crippen molar-refractivity contribution in [2.24, 2.45) is 0 Å². The predicted molar refractivity (Wildman–Crippen MR) is 97.2 cm³/mol. The van der Waals surface area contributed by atoms with Gasteiger partial charge in [0.25, 0.3) is 0 Å². The van der Waals surface area contributed by atoms with Gasteiger partial charge in [-0.25, -0.2) is 9.97 Å². The van der Waals surface area contributed by atoms with E-state index in [2.05, 4.69) is 24.8 Å². The topological polar surface area (TPSA) is 80.8 Å². The lowest BCUT2D eigenvalue weighted by Gasteiger charge is -2.28. The van der Waals surface area contributed by atoms with Gasteiger partial charge in [0.15, 0.2) is 17.4 Å². The highest BCUT2D eigenvalue weighted by Gasteiger charge is 2.22. The van der Waals surface area contributed by atoms with E-state index in [9.17, 15) is 4.55 Å². The molecule has 0 spiro atoms. The number of hydrogen-bond acceptors (Lipinski definition) is 6. The van der Waals surface area contributed by atoms with Gasteiger partial charge in [-0.05, 0) is 19.3 Å². The van der Waals surface area contributed by atoms with Crippen LogP contribution in [0.3, 0.4) is 0 Å². The number of halogens is 1. The molecule has 1 aliphatic rings. The zero-order valence-corrected chi connectivity index (χ0v) is 15.3. The lowest BCUT2D eigenvalue weighted by atomic mass is 10.1. The highest BCUT2D eigenvalue weighted by atomic mass is 35.5. The third kappa shape index (κ3) is 3.23. The van der Waals surface area contributed by atoms with Crippen LogP contribution >= 0.6 is 22.9 Å². The summed E-state index contributed by atoms with van der Waals surface area (Å²) in [6, 6.07) is 0. The molecule has 4 rings (SSSR count). The number of nitrogens with zero attached hydrogens (tertiary/aromatic N) is 4. The first-order valence-electron chi connectivity index (χ1n) is 7.77. The maximum absolute atomic E-state index is 12.5. The number of thiophene rings is 1. The fraction of sp³-hybridized carbons (Fsp3) is 0.400. The van der Waals surface area contributed by atoms with Crippen LogP contribution in [0, 0.1) is 0 Å². The second-order valence-electron chi connectivity index (χ2n) is 5.71. The van der Waals surface area contributed by atoms with Gasteiger partial charge in [-0.15, -0.1) is 11.3 Å². The maximum Gasteiger partial charge on any atom is 0.322 e. The number of H-pyrrole nitrogens is 1. The van der Waals surface area contributed by atoms with Crippen LogP contribution in [0.2, 0.25) is 5.02 Å². The van der Waals surface area contributed by atoms with Crippen molar-refractivity contribution in [3.05, 3.63) is 27.8 Å². The molecule has 1 atom stereocenters. The van der Waals surface area contributed by atoms with Gasteiger partial charge in [0.2, 0.25) is 0 Å².